The smallest absolute Gasteiger partial charge is 0.222 e. The molecule has 0 aliphatic carbocycles. The SMILES string of the molecule is CC(C)(C)[S+]1C(C(=O)[O-])NC(Cl)C1Cl. The summed E-state index contributed by atoms with van der Waals surface area (Å²) in [5.74, 6) is -1.13. The molecule has 1 aliphatic rings. The van der Waals surface area contributed by atoms with Gasteiger partial charge in [-0.15, -0.1) is 0 Å². The predicted octanol–water partition coefficient (Wildman–Crippen LogP) is 0.212. The van der Waals surface area contributed by atoms with Gasteiger partial charge >= 0.3 is 0 Å². The molecule has 0 aromatic carbocycles. The average molecular weight is 258 g/mol. The summed E-state index contributed by atoms with van der Waals surface area (Å²) in [6, 6.07) is 0. The fraction of sp³-hybridized carbons (Fsp3) is 0.875. The summed E-state index contributed by atoms with van der Waals surface area (Å²) in [6.07, 6.45) is 0. The maximum atomic E-state index is 10.9. The van der Waals surface area contributed by atoms with E-state index in [0.717, 1.165) is 0 Å². The van der Waals surface area contributed by atoms with Crippen LogP contribution >= 0.6 is 23.2 Å². The van der Waals surface area contributed by atoms with E-state index in [1.54, 1.807) is 0 Å². The highest BCUT2D eigenvalue weighted by Gasteiger charge is 2.56. The predicted molar refractivity (Wildman–Crippen MR) is 58.3 cm³/mol. The van der Waals surface area contributed by atoms with Crippen molar-refractivity contribution in [1.82, 2.24) is 5.32 Å². The average Bonchev–Trinajstić information content (AvgIpc) is 2.27. The van der Waals surface area contributed by atoms with Gasteiger partial charge in [0.25, 0.3) is 0 Å². The quantitative estimate of drug-likeness (QED) is 0.415. The molecule has 1 heterocycles. The Hall–Kier alpha value is 0.360. The minimum Gasteiger partial charge on any atom is -0.544 e. The number of carbonyl (C=O) groups excluding carboxylic acids is 1. The molecule has 82 valence electrons. The summed E-state index contributed by atoms with van der Waals surface area (Å²) in [7, 11) is -0.527. The molecule has 1 aliphatic heterocycles. The summed E-state index contributed by atoms with van der Waals surface area (Å²) >= 11 is 12.0. The lowest BCUT2D eigenvalue weighted by Gasteiger charge is -2.24. The van der Waals surface area contributed by atoms with Gasteiger partial charge in [0.05, 0.1) is 0 Å². The van der Waals surface area contributed by atoms with E-state index in [-0.39, 0.29) is 9.46 Å². The molecule has 1 fully saturated rings. The van der Waals surface area contributed by atoms with Crippen molar-refractivity contribution in [1.29, 1.82) is 0 Å². The Kier molecular flexibility index (Phi) is 3.62. The van der Waals surface area contributed by atoms with Crippen molar-refractivity contribution in [2.24, 2.45) is 0 Å². The number of nitrogens with one attached hydrogen (secondary N) is 1. The van der Waals surface area contributed by atoms with Crippen molar-refractivity contribution < 1.29 is 9.90 Å². The van der Waals surface area contributed by atoms with E-state index in [2.05, 4.69) is 5.32 Å². The van der Waals surface area contributed by atoms with Crippen LogP contribution in [0, 0.1) is 0 Å². The van der Waals surface area contributed by atoms with E-state index < -0.39 is 27.7 Å². The largest absolute Gasteiger partial charge is 0.544 e. The van der Waals surface area contributed by atoms with Crippen LogP contribution in [0.5, 0.6) is 0 Å². The van der Waals surface area contributed by atoms with Gasteiger partial charge in [0.15, 0.2) is 0 Å². The molecule has 0 spiro atoms. The molecule has 1 N–H and O–H groups in total. The number of aliphatic carboxylic acids is 1. The third-order valence-electron chi connectivity index (χ3n) is 1.96. The minimum absolute atomic E-state index is 0.187. The van der Waals surface area contributed by atoms with E-state index in [4.69, 9.17) is 23.2 Å². The zero-order valence-corrected chi connectivity index (χ0v) is 10.5. The van der Waals surface area contributed by atoms with E-state index in [0.29, 0.717) is 0 Å². The molecule has 4 unspecified atom stereocenters. The topological polar surface area (TPSA) is 52.2 Å². The molecule has 0 aromatic heterocycles. The number of carboxylic acid groups (broad SMARTS) is 1. The van der Waals surface area contributed by atoms with Gasteiger partial charge in [-0.3, -0.25) is 0 Å². The van der Waals surface area contributed by atoms with Crippen LogP contribution in [0.25, 0.3) is 0 Å². The normalized spacial score (nSPS) is 38.6. The highest BCUT2D eigenvalue weighted by molar-refractivity contribution is 8.01. The summed E-state index contributed by atoms with van der Waals surface area (Å²) in [5, 5.41) is 12.9. The molecule has 0 saturated carbocycles. The molecule has 0 radical (unpaired) electrons. The van der Waals surface area contributed by atoms with Gasteiger partial charge in [-0.25, -0.2) is 5.32 Å². The van der Waals surface area contributed by atoms with Crippen LogP contribution in [0.2, 0.25) is 0 Å². The second-order valence-corrected chi connectivity index (χ2v) is 8.25. The molecule has 0 bridgehead atoms. The van der Waals surface area contributed by atoms with Gasteiger partial charge < -0.3 is 9.90 Å². The highest BCUT2D eigenvalue weighted by Crippen LogP contribution is 2.36. The van der Waals surface area contributed by atoms with Gasteiger partial charge in [-0.05, 0) is 20.8 Å². The summed E-state index contributed by atoms with van der Waals surface area (Å²) in [6.45, 7) is 5.87. The Bertz CT molecular complexity index is 244. The summed E-state index contributed by atoms with van der Waals surface area (Å²) < 4.78 is -0.548. The van der Waals surface area contributed by atoms with E-state index in [9.17, 15) is 9.90 Å². The molecule has 1 saturated heterocycles. The Morgan fingerprint density at radius 2 is 1.93 bits per heavy atom. The van der Waals surface area contributed by atoms with Gasteiger partial charge in [0.1, 0.15) is 16.2 Å². The zero-order chi connectivity index (χ0) is 11.1. The van der Waals surface area contributed by atoms with E-state index >= 15 is 0 Å². The number of halogens is 2. The summed E-state index contributed by atoms with van der Waals surface area (Å²) in [4.78, 5) is 10.9. The van der Waals surface area contributed by atoms with Crippen LogP contribution in [-0.2, 0) is 15.7 Å². The second-order valence-electron chi connectivity index (χ2n) is 4.10. The van der Waals surface area contributed by atoms with Crippen molar-refractivity contribution in [2.45, 2.75) is 41.1 Å². The number of hydrogen-bond acceptors (Lipinski definition) is 3. The lowest BCUT2D eigenvalue weighted by atomic mass is 10.3. The van der Waals surface area contributed by atoms with Crippen molar-refractivity contribution >= 4 is 40.1 Å². The molecule has 14 heavy (non-hydrogen) atoms. The fourth-order valence-corrected chi connectivity index (χ4v) is 5.61. The number of alkyl halides is 2. The van der Waals surface area contributed by atoms with Crippen molar-refractivity contribution in [3.05, 3.63) is 0 Å². The Balaban J connectivity index is 2.93. The molecule has 1 rings (SSSR count). The molecule has 3 nitrogen and oxygen atoms in total. The number of rotatable bonds is 1. The third-order valence-corrected chi connectivity index (χ3v) is 6.45. The Labute approximate surface area is 96.5 Å². The van der Waals surface area contributed by atoms with Crippen LogP contribution in [0.1, 0.15) is 20.8 Å². The minimum atomic E-state index is -1.13. The molecular formula is C8H13Cl2NO2S. The van der Waals surface area contributed by atoms with E-state index in [1.807, 2.05) is 20.8 Å². The standard InChI is InChI=1S/C8H13Cl2NO2S/c1-8(2,3)14-5(10)4(9)11-6(14)7(12)13/h4-6,11H,1-3H3. The van der Waals surface area contributed by atoms with Gasteiger partial charge in [-0.1, -0.05) is 23.2 Å². The molecule has 4 atom stereocenters. The fourth-order valence-electron chi connectivity index (χ4n) is 1.42. The van der Waals surface area contributed by atoms with Crippen LogP contribution in [0.15, 0.2) is 0 Å². The summed E-state index contributed by atoms with van der Waals surface area (Å²) in [5.41, 5.74) is -0.498. The van der Waals surface area contributed by atoms with Crippen LogP contribution < -0.4 is 10.4 Å². The molecule has 6 heteroatoms. The van der Waals surface area contributed by atoms with Crippen LogP contribution in [-0.4, -0.2) is 26.3 Å². The Morgan fingerprint density at radius 1 is 1.43 bits per heavy atom. The lowest BCUT2D eigenvalue weighted by molar-refractivity contribution is -0.305. The van der Waals surface area contributed by atoms with Crippen molar-refractivity contribution in [2.75, 3.05) is 0 Å². The van der Waals surface area contributed by atoms with E-state index in [1.165, 1.54) is 0 Å². The number of carbonyl (C=O) groups is 1. The van der Waals surface area contributed by atoms with Gasteiger partial charge in [0, 0.05) is 10.9 Å². The highest BCUT2D eigenvalue weighted by atomic mass is 35.5. The second kappa shape index (κ2) is 4.08. The van der Waals surface area contributed by atoms with Crippen LogP contribution in [0.3, 0.4) is 0 Å². The number of carboxylic acids is 1. The van der Waals surface area contributed by atoms with Crippen molar-refractivity contribution in [3.63, 3.8) is 0 Å². The third kappa shape index (κ3) is 2.30. The zero-order valence-electron chi connectivity index (χ0n) is 8.21. The lowest BCUT2D eigenvalue weighted by Crippen LogP contribution is -2.51. The molecular weight excluding hydrogens is 245 g/mol. The maximum Gasteiger partial charge on any atom is 0.222 e. The van der Waals surface area contributed by atoms with Gasteiger partial charge in [-0.2, -0.15) is 0 Å². The first kappa shape index (κ1) is 12.4. The van der Waals surface area contributed by atoms with Gasteiger partial charge in [0.2, 0.25) is 10.1 Å². The first-order valence-corrected chi connectivity index (χ1v) is 6.44. The maximum absolute atomic E-state index is 10.9. The Morgan fingerprint density at radius 3 is 2.21 bits per heavy atom. The molecule has 0 aromatic rings. The first-order valence-electron chi connectivity index (χ1n) is 4.22. The first-order chi connectivity index (χ1) is 6.25. The van der Waals surface area contributed by atoms with Crippen molar-refractivity contribution in [3.8, 4) is 0 Å². The molecule has 0 amide bonds. The monoisotopic (exact) mass is 257 g/mol. The van der Waals surface area contributed by atoms with Crippen LogP contribution in [0.4, 0.5) is 0 Å². The number of hydrogen-bond donors (Lipinski definition) is 1.